The van der Waals surface area contributed by atoms with Gasteiger partial charge in [0.2, 0.25) is 0 Å². The van der Waals surface area contributed by atoms with Crippen molar-refractivity contribution in [2.45, 2.75) is 0 Å². The highest BCUT2D eigenvalue weighted by Gasteiger charge is 2.07. The molecular formula is C8H4S3. The zero-order valence-corrected chi connectivity index (χ0v) is 7.98. The van der Waals surface area contributed by atoms with Crippen molar-refractivity contribution in [1.29, 1.82) is 0 Å². The maximum atomic E-state index is 2.21. The molecule has 0 saturated carbocycles. The Kier molecular flexibility index (Phi) is 1.16. The third-order valence-corrected chi connectivity index (χ3v) is 6.04. The summed E-state index contributed by atoms with van der Waals surface area (Å²) in [6, 6.07) is 8.61. The van der Waals surface area contributed by atoms with Crippen LogP contribution >= 0.6 is 32.0 Å². The van der Waals surface area contributed by atoms with E-state index in [0.717, 1.165) is 0 Å². The van der Waals surface area contributed by atoms with Crippen LogP contribution in [0.5, 0.6) is 0 Å². The summed E-state index contributed by atoms with van der Waals surface area (Å²) in [5.41, 5.74) is 0. The molecule has 2 aromatic heterocycles. The Labute approximate surface area is 75.1 Å². The van der Waals surface area contributed by atoms with Gasteiger partial charge in [-0.1, -0.05) is 38.9 Å². The van der Waals surface area contributed by atoms with Crippen LogP contribution in [0.1, 0.15) is 0 Å². The van der Waals surface area contributed by atoms with Crippen LogP contribution in [0.15, 0.2) is 24.3 Å². The molecule has 0 atom stereocenters. The van der Waals surface area contributed by atoms with Gasteiger partial charge in [0.25, 0.3) is 0 Å². The number of thiophene rings is 1. The zero-order valence-electron chi connectivity index (χ0n) is 5.53. The fraction of sp³-hybridized carbons (Fsp3) is 0. The summed E-state index contributed by atoms with van der Waals surface area (Å²) in [5.74, 6) is 0. The van der Waals surface area contributed by atoms with Gasteiger partial charge in [-0.15, -0.1) is 11.3 Å². The van der Waals surface area contributed by atoms with Crippen LogP contribution in [-0.2, 0) is 0 Å². The van der Waals surface area contributed by atoms with Crippen molar-refractivity contribution in [1.82, 2.24) is 0 Å². The van der Waals surface area contributed by atoms with E-state index in [2.05, 4.69) is 24.3 Å². The molecule has 0 aliphatic heterocycles. The van der Waals surface area contributed by atoms with E-state index < -0.39 is 0 Å². The molecule has 0 aliphatic carbocycles. The van der Waals surface area contributed by atoms with Gasteiger partial charge in [-0.05, 0) is 6.07 Å². The fourth-order valence-corrected chi connectivity index (χ4v) is 5.11. The first-order valence-corrected chi connectivity index (χ1v) is 6.28. The Balaban J connectivity index is 2.68. The van der Waals surface area contributed by atoms with Crippen LogP contribution in [-0.4, -0.2) is 0 Å². The Bertz CT molecular complexity index is 497. The molecule has 1 aromatic carbocycles. The number of hydrogen-bond acceptors (Lipinski definition) is 3. The second kappa shape index (κ2) is 2.06. The predicted molar refractivity (Wildman–Crippen MR) is 55.1 cm³/mol. The third-order valence-electron chi connectivity index (χ3n) is 1.72. The van der Waals surface area contributed by atoms with Crippen LogP contribution < -0.4 is 0 Å². The van der Waals surface area contributed by atoms with Gasteiger partial charge in [-0.25, -0.2) is 0 Å². The minimum atomic E-state index is 1.43. The van der Waals surface area contributed by atoms with Crippen LogP contribution in [0.4, 0.5) is 0 Å². The zero-order chi connectivity index (χ0) is 7.26. The standard InChI is InChI=1S/C8H4S3/c1-2-4-6-5(3-1)7-8(9-6)11-10-7/h1-4H. The molecule has 0 spiro atoms. The van der Waals surface area contributed by atoms with Crippen molar-refractivity contribution in [3.63, 3.8) is 0 Å². The van der Waals surface area contributed by atoms with Gasteiger partial charge >= 0.3 is 0 Å². The van der Waals surface area contributed by atoms with Gasteiger partial charge in [-0.2, -0.15) is 0 Å². The van der Waals surface area contributed by atoms with Gasteiger partial charge in [0.1, 0.15) is 4.01 Å². The lowest BCUT2D eigenvalue weighted by Gasteiger charge is -1.88. The first-order chi connectivity index (χ1) is 5.45. The van der Waals surface area contributed by atoms with Crippen molar-refractivity contribution in [3.8, 4) is 0 Å². The summed E-state index contributed by atoms with van der Waals surface area (Å²) in [5, 5.41) is 1.44. The first kappa shape index (κ1) is 6.17. The number of rotatable bonds is 0. The summed E-state index contributed by atoms with van der Waals surface area (Å²) in [4.78, 5) is 0. The van der Waals surface area contributed by atoms with Gasteiger partial charge in [0.15, 0.2) is 0 Å². The predicted octanol–water partition coefficient (Wildman–Crippen LogP) is 4.18. The van der Waals surface area contributed by atoms with E-state index in [1.165, 1.54) is 18.8 Å². The summed E-state index contributed by atoms with van der Waals surface area (Å²) in [6.45, 7) is 0. The number of hydrogen-bond donors (Lipinski definition) is 0. The highest BCUT2D eigenvalue weighted by Crippen LogP contribution is 2.44. The van der Waals surface area contributed by atoms with Crippen molar-refractivity contribution < 1.29 is 0 Å². The van der Waals surface area contributed by atoms with Crippen LogP contribution in [0.2, 0.25) is 0 Å². The second-order valence-corrected chi connectivity index (χ2v) is 5.84. The summed E-state index contributed by atoms with van der Waals surface area (Å²) < 4.78 is 4.42. The van der Waals surface area contributed by atoms with E-state index in [0.29, 0.717) is 0 Å². The molecule has 54 valence electrons. The normalized spacial score (nSPS) is 11.6. The smallest absolute Gasteiger partial charge is 0.109 e. The average molecular weight is 196 g/mol. The average Bonchev–Trinajstić information content (AvgIpc) is 2.23. The van der Waals surface area contributed by atoms with Crippen molar-refractivity contribution in [2.24, 2.45) is 0 Å². The fourth-order valence-electron chi connectivity index (χ4n) is 1.18. The van der Waals surface area contributed by atoms with E-state index in [-0.39, 0.29) is 0 Å². The lowest BCUT2D eigenvalue weighted by molar-refractivity contribution is 1.87. The molecule has 3 rings (SSSR count). The summed E-state index contributed by atoms with van der Waals surface area (Å²) >= 11 is 1.91. The van der Waals surface area contributed by atoms with Crippen molar-refractivity contribution >= 4 is 50.8 Å². The van der Waals surface area contributed by atoms with Gasteiger partial charge in [0.05, 0.1) is 4.70 Å². The lowest BCUT2D eigenvalue weighted by Crippen LogP contribution is -1.59. The Morgan fingerprint density at radius 3 is 2.73 bits per heavy atom. The minimum Gasteiger partial charge on any atom is -0.122 e. The molecular weight excluding hydrogens is 192 g/mol. The molecule has 3 heteroatoms. The third kappa shape index (κ3) is 0.732. The molecule has 2 heterocycles. The maximum Gasteiger partial charge on any atom is 0.109 e. The highest BCUT2D eigenvalue weighted by atomic mass is 32.9. The Morgan fingerprint density at radius 1 is 1.00 bits per heavy atom. The molecule has 0 fully saturated rings. The lowest BCUT2D eigenvalue weighted by atomic mass is 10.3. The molecule has 0 N–H and O–H groups in total. The topological polar surface area (TPSA) is 0 Å². The van der Waals surface area contributed by atoms with E-state index in [9.17, 15) is 0 Å². The van der Waals surface area contributed by atoms with Gasteiger partial charge in [0, 0.05) is 10.1 Å². The molecule has 0 amide bonds. The monoisotopic (exact) mass is 196 g/mol. The summed E-state index contributed by atoms with van der Waals surface area (Å²) in [6.07, 6.45) is 0. The molecule has 0 bridgehead atoms. The number of benzene rings is 1. The van der Waals surface area contributed by atoms with Crippen LogP contribution in [0.3, 0.4) is 0 Å². The molecule has 0 saturated heterocycles. The SMILES string of the molecule is c1ccc2c(c1)sc1ssc12. The van der Waals surface area contributed by atoms with Crippen molar-refractivity contribution in [2.75, 3.05) is 0 Å². The van der Waals surface area contributed by atoms with E-state index >= 15 is 0 Å². The minimum absolute atomic E-state index is 1.43. The van der Waals surface area contributed by atoms with E-state index in [1.807, 2.05) is 32.0 Å². The van der Waals surface area contributed by atoms with E-state index in [1.54, 1.807) is 0 Å². The van der Waals surface area contributed by atoms with Crippen molar-refractivity contribution in [3.05, 3.63) is 24.3 Å². The quantitative estimate of drug-likeness (QED) is 0.473. The Morgan fingerprint density at radius 2 is 1.91 bits per heavy atom. The molecule has 0 radical (unpaired) electrons. The molecule has 3 aromatic rings. The largest absolute Gasteiger partial charge is 0.122 e. The first-order valence-electron chi connectivity index (χ1n) is 3.31. The highest BCUT2D eigenvalue weighted by molar-refractivity contribution is 7.82. The van der Waals surface area contributed by atoms with Gasteiger partial charge < -0.3 is 0 Å². The van der Waals surface area contributed by atoms with E-state index in [4.69, 9.17) is 0 Å². The molecule has 0 nitrogen and oxygen atoms in total. The van der Waals surface area contributed by atoms with Crippen LogP contribution in [0, 0.1) is 0 Å². The summed E-state index contributed by atoms with van der Waals surface area (Å²) in [7, 11) is 3.79. The molecule has 0 unspecified atom stereocenters. The van der Waals surface area contributed by atoms with Crippen LogP contribution in [0.25, 0.3) is 18.8 Å². The maximum absolute atomic E-state index is 2.21. The van der Waals surface area contributed by atoms with Gasteiger partial charge in [-0.3, -0.25) is 0 Å². The second-order valence-electron chi connectivity index (χ2n) is 2.38. The molecule has 11 heavy (non-hydrogen) atoms. The molecule has 0 aliphatic rings. The number of fused-ring (bicyclic) bond motifs is 3. The Hall–Kier alpha value is -0.380.